The Morgan fingerprint density at radius 2 is 1.94 bits per heavy atom. The highest BCUT2D eigenvalue weighted by molar-refractivity contribution is 5.54. The predicted octanol–water partition coefficient (Wildman–Crippen LogP) is 4.49. The van der Waals surface area contributed by atoms with Crippen molar-refractivity contribution in [1.82, 2.24) is 0 Å². The van der Waals surface area contributed by atoms with E-state index >= 15 is 0 Å². The van der Waals surface area contributed by atoms with Gasteiger partial charge in [0.05, 0.1) is 0 Å². The zero-order valence-corrected chi connectivity index (χ0v) is 11.4. The van der Waals surface area contributed by atoms with Crippen LogP contribution < -0.4 is 5.32 Å². The highest BCUT2D eigenvalue weighted by Gasteiger charge is 2.25. The molecule has 0 aromatic heterocycles. The standard InChI is InChI=1S/C16H25N/c1-4-13(5-2)11-16-12(3)10-14-8-6-7-9-15(14)17-16/h6-9,12-13,16-17H,4-5,10-11H2,1-3H3. The smallest absolute Gasteiger partial charge is 0.0375 e. The molecule has 2 rings (SSSR count). The number of hydrogen-bond acceptors (Lipinski definition) is 1. The number of rotatable bonds is 4. The molecule has 0 fully saturated rings. The van der Waals surface area contributed by atoms with E-state index in [-0.39, 0.29) is 0 Å². The average Bonchev–Trinajstić information content (AvgIpc) is 2.36. The molecular weight excluding hydrogens is 206 g/mol. The van der Waals surface area contributed by atoms with Crippen molar-refractivity contribution < 1.29 is 0 Å². The lowest BCUT2D eigenvalue weighted by molar-refractivity contribution is 0.351. The fourth-order valence-corrected chi connectivity index (χ4v) is 2.94. The van der Waals surface area contributed by atoms with E-state index in [0.717, 1.165) is 11.8 Å². The first-order chi connectivity index (χ1) is 8.24. The van der Waals surface area contributed by atoms with E-state index in [4.69, 9.17) is 0 Å². The fourth-order valence-electron chi connectivity index (χ4n) is 2.94. The van der Waals surface area contributed by atoms with Crippen LogP contribution in [0.15, 0.2) is 24.3 Å². The fraction of sp³-hybridized carbons (Fsp3) is 0.625. The van der Waals surface area contributed by atoms with Gasteiger partial charge in [0.1, 0.15) is 0 Å². The van der Waals surface area contributed by atoms with Gasteiger partial charge in [-0.2, -0.15) is 0 Å². The zero-order chi connectivity index (χ0) is 12.3. The molecule has 0 amide bonds. The van der Waals surface area contributed by atoms with E-state index in [1.165, 1.54) is 36.9 Å². The number of hydrogen-bond donors (Lipinski definition) is 1. The molecule has 2 atom stereocenters. The average molecular weight is 231 g/mol. The number of fused-ring (bicyclic) bond motifs is 1. The maximum absolute atomic E-state index is 3.75. The number of para-hydroxylation sites is 1. The van der Waals surface area contributed by atoms with Gasteiger partial charge in [0, 0.05) is 11.7 Å². The van der Waals surface area contributed by atoms with Crippen LogP contribution >= 0.6 is 0 Å². The van der Waals surface area contributed by atoms with Gasteiger partial charge in [0.25, 0.3) is 0 Å². The third-order valence-electron chi connectivity index (χ3n) is 4.33. The van der Waals surface area contributed by atoms with Gasteiger partial charge >= 0.3 is 0 Å². The zero-order valence-electron chi connectivity index (χ0n) is 11.4. The van der Waals surface area contributed by atoms with Crippen LogP contribution in [-0.4, -0.2) is 6.04 Å². The lowest BCUT2D eigenvalue weighted by Crippen LogP contribution is -2.35. The predicted molar refractivity (Wildman–Crippen MR) is 75.4 cm³/mol. The summed E-state index contributed by atoms with van der Waals surface area (Å²) in [6.45, 7) is 7.02. The molecule has 0 spiro atoms. The van der Waals surface area contributed by atoms with E-state index in [1.54, 1.807) is 0 Å². The van der Waals surface area contributed by atoms with E-state index < -0.39 is 0 Å². The molecular formula is C16H25N. The second-order valence-corrected chi connectivity index (χ2v) is 5.51. The van der Waals surface area contributed by atoms with Gasteiger partial charge < -0.3 is 5.32 Å². The second-order valence-electron chi connectivity index (χ2n) is 5.51. The van der Waals surface area contributed by atoms with E-state index in [1.807, 2.05) is 0 Å². The molecule has 1 heteroatoms. The highest BCUT2D eigenvalue weighted by Crippen LogP contribution is 2.31. The Bertz CT molecular complexity index is 354. The molecule has 1 heterocycles. The first-order valence-electron chi connectivity index (χ1n) is 7.09. The van der Waals surface area contributed by atoms with Crippen molar-refractivity contribution in [2.24, 2.45) is 11.8 Å². The molecule has 1 N–H and O–H groups in total. The van der Waals surface area contributed by atoms with Crippen molar-refractivity contribution >= 4 is 5.69 Å². The van der Waals surface area contributed by atoms with E-state index in [0.29, 0.717) is 6.04 Å². The summed E-state index contributed by atoms with van der Waals surface area (Å²) < 4.78 is 0. The number of nitrogens with one attached hydrogen (secondary N) is 1. The van der Waals surface area contributed by atoms with Crippen LogP contribution in [0.4, 0.5) is 5.69 Å². The van der Waals surface area contributed by atoms with Crippen LogP contribution in [0.5, 0.6) is 0 Å². The molecule has 0 bridgehead atoms. The van der Waals surface area contributed by atoms with E-state index in [9.17, 15) is 0 Å². The summed E-state index contributed by atoms with van der Waals surface area (Å²) in [5.74, 6) is 1.63. The molecule has 0 saturated heterocycles. The maximum atomic E-state index is 3.75. The van der Waals surface area contributed by atoms with Crippen molar-refractivity contribution in [1.29, 1.82) is 0 Å². The summed E-state index contributed by atoms with van der Waals surface area (Å²) in [5.41, 5.74) is 2.85. The molecule has 0 saturated carbocycles. The summed E-state index contributed by atoms with van der Waals surface area (Å²) in [4.78, 5) is 0. The highest BCUT2D eigenvalue weighted by atomic mass is 14.9. The van der Waals surface area contributed by atoms with Gasteiger partial charge in [-0.05, 0) is 36.3 Å². The maximum Gasteiger partial charge on any atom is 0.0375 e. The third kappa shape index (κ3) is 2.83. The van der Waals surface area contributed by atoms with Gasteiger partial charge in [-0.15, -0.1) is 0 Å². The SMILES string of the molecule is CCC(CC)CC1Nc2ccccc2CC1C. The summed E-state index contributed by atoms with van der Waals surface area (Å²) in [6.07, 6.45) is 5.17. The molecule has 0 radical (unpaired) electrons. The molecule has 0 aliphatic carbocycles. The topological polar surface area (TPSA) is 12.0 Å². The van der Waals surface area contributed by atoms with Crippen LogP contribution in [0, 0.1) is 11.8 Å². The molecule has 17 heavy (non-hydrogen) atoms. The minimum absolute atomic E-state index is 0.662. The monoisotopic (exact) mass is 231 g/mol. The lowest BCUT2D eigenvalue weighted by atomic mass is 9.82. The van der Waals surface area contributed by atoms with Crippen molar-refractivity contribution in [3.05, 3.63) is 29.8 Å². The molecule has 2 unspecified atom stereocenters. The number of benzene rings is 1. The van der Waals surface area contributed by atoms with Crippen LogP contribution in [0.3, 0.4) is 0 Å². The quantitative estimate of drug-likeness (QED) is 0.805. The van der Waals surface area contributed by atoms with Crippen LogP contribution in [0.25, 0.3) is 0 Å². The van der Waals surface area contributed by atoms with Crippen molar-refractivity contribution in [2.45, 2.75) is 52.5 Å². The molecule has 94 valence electrons. The number of anilines is 1. The summed E-state index contributed by atoms with van der Waals surface area (Å²) in [5, 5.41) is 3.75. The molecule has 1 aliphatic heterocycles. The van der Waals surface area contributed by atoms with Gasteiger partial charge in [0.15, 0.2) is 0 Å². The van der Waals surface area contributed by atoms with Crippen molar-refractivity contribution in [2.75, 3.05) is 5.32 Å². The summed E-state index contributed by atoms with van der Waals surface area (Å²) in [6, 6.07) is 9.42. The van der Waals surface area contributed by atoms with Crippen LogP contribution in [-0.2, 0) is 6.42 Å². The Balaban J connectivity index is 2.07. The lowest BCUT2D eigenvalue weighted by Gasteiger charge is -2.34. The normalized spacial score (nSPS) is 23.3. The van der Waals surface area contributed by atoms with Gasteiger partial charge in [-0.1, -0.05) is 51.8 Å². The molecule has 1 nitrogen and oxygen atoms in total. The van der Waals surface area contributed by atoms with Gasteiger partial charge in [-0.3, -0.25) is 0 Å². The van der Waals surface area contributed by atoms with E-state index in [2.05, 4.69) is 50.4 Å². The minimum Gasteiger partial charge on any atom is -0.382 e. The van der Waals surface area contributed by atoms with Crippen molar-refractivity contribution in [3.8, 4) is 0 Å². The summed E-state index contributed by atoms with van der Waals surface area (Å²) in [7, 11) is 0. The first kappa shape index (κ1) is 12.5. The Morgan fingerprint density at radius 1 is 1.24 bits per heavy atom. The molecule has 1 aromatic rings. The third-order valence-corrected chi connectivity index (χ3v) is 4.33. The van der Waals surface area contributed by atoms with Gasteiger partial charge in [0.2, 0.25) is 0 Å². The Labute approximate surface area is 106 Å². The van der Waals surface area contributed by atoms with Gasteiger partial charge in [-0.25, -0.2) is 0 Å². The second kappa shape index (κ2) is 5.57. The van der Waals surface area contributed by atoms with Crippen LogP contribution in [0.2, 0.25) is 0 Å². The van der Waals surface area contributed by atoms with Crippen LogP contribution in [0.1, 0.15) is 45.6 Å². The Morgan fingerprint density at radius 3 is 2.65 bits per heavy atom. The largest absolute Gasteiger partial charge is 0.382 e. The minimum atomic E-state index is 0.662. The summed E-state index contributed by atoms with van der Waals surface area (Å²) >= 11 is 0. The van der Waals surface area contributed by atoms with Crippen molar-refractivity contribution in [3.63, 3.8) is 0 Å². The Kier molecular flexibility index (Phi) is 4.09. The molecule has 1 aromatic carbocycles. The molecule has 1 aliphatic rings. The Hall–Kier alpha value is -0.980. The first-order valence-corrected chi connectivity index (χ1v) is 7.09.